The highest BCUT2D eigenvalue weighted by atomic mass is 32.1. The van der Waals surface area contributed by atoms with Gasteiger partial charge in [0.1, 0.15) is 0 Å². The summed E-state index contributed by atoms with van der Waals surface area (Å²) in [5.74, 6) is -0.407. The SMILES string of the molecule is CCOC(=O)C(CC)c1ccc(C(C)=O)s1. The molecule has 0 aliphatic heterocycles. The van der Waals surface area contributed by atoms with E-state index < -0.39 is 0 Å². The summed E-state index contributed by atoms with van der Waals surface area (Å²) in [5, 5.41) is 0. The molecule has 1 unspecified atom stereocenters. The fourth-order valence-electron chi connectivity index (χ4n) is 1.46. The largest absolute Gasteiger partial charge is 0.465 e. The second-order valence-electron chi connectivity index (χ2n) is 3.47. The summed E-state index contributed by atoms with van der Waals surface area (Å²) in [6, 6.07) is 3.61. The maximum atomic E-state index is 11.7. The molecular weight excluding hydrogens is 224 g/mol. The predicted molar refractivity (Wildman–Crippen MR) is 64.0 cm³/mol. The molecule has 3 nitrogen and oxygen atoms in total. The summed E-state index contributed by atoms with van der Waals surface area (Å²) >= 11 is 1.38. The zero-order chi connectivity index (χ0) is 12.1. The first-order valence-corrected chi connectivity index (χ1v) is 6.19. The van der Waals surface area contributed by atoms with Crippen LogP contribution in [0, 0.1) is 0 Å². The Hall–Kier alpha value is -1.16. The first-order chi connectivity index (χ1) is 7.60. The number of thiophene rings is 1. The third kappa shape index (κ3) is 2.92. The number of rotatable bonds is 5. The maximum absolute atomic E-state index is 11.7. The number of Topliss-reactive ketones (excluding diaryl/α,β-unsaturated/α-hetero) is 1. The summed E-state index contributed by atoms with van der Waals surface area (Å²) in [7, 11) is 0. The Labute approximate surface area is 99.4 Å². The smallest absolute Gasteiger partial charge is 0.314 e. The van der Waals surface area contributed by atoms with Gasteiger partial charge in [0.2, 0.25) is 0 Å². The Morgan fingerprint density at radius 3 is 2.50 bits per heavy atom. The van der Waals surface area contributed by atoms with Gasteiger partial charge in [-0.25, -0.2) is 0 Å². The predicted octanol–water partition coefficient (Wildman–Crippen LogP) is 3.01. The minimum absolute atomic E-state index is 0.0370. The van der Waals surface area contributed by atoms with Crippen LogP contribution in [0.1, 0.15) is 47.7 Å². The van der Waals surface area contributed by atoms with Crippen LogP contribution in [-0.4, -0.2) is 18.4 Å². The lowest BCUT2D eigenvalue weighted by Gasteiger charge is -2.11. The average Bonchev–Trinajstić information content (AvgIpc) is 2.68. The molecule has 16 heavy (non-hydrogen) atoms. The summed E-state index contributed by atoms with van der Waals surface area (Å²) in [5.41, 5.74) is 0. The molecule has 0 aliphatic rings. The van der Waals surface area contributed by atoms with Crippen molar-refractivity contribution in [3.05, 3.63) is 21.9 Å². The van der Waals surface area contributed by atoms with Crippen LogP contribution in [0.15, 0.2) is 12.1 Å². The van der Waals surface area contributed by atoms with E-state index in [1.807, 2.05) is 13.0 Å². The van der Waals surface area contributed by atoms with Crippen molar-refractivity contribution in [1.29, 1.82) is 0 Å². The normalized spacial score (nSPS) is 12.2. The van der Waals surface area contributed by atoms with Crippen LogP contribution in [0.2, 0.25) is 0 Å². The summed E-state index contributed by atoms with van der Waals surface area (Å²) in [6.45, 7) is 5.65. The van der Waals surface area contributed by atoms with E-state index in [9.17, 15) is 9.59 Å². The lowest BCUT2D eigenvalue weighted by atomic mass is 10.1. The quantitative estimate of drug-likeness (QED) is 0.587. The molecule has 0 bridgehead atoms. The zero-order valence-corrected chi connectivity index (χ0v) is 10.6. The molecule has 1 heterocycles. The Morgan fingerprint density at radius 1 is 1.38 bits per heavy atom. The number of hydrogen-bond donors (Lipinski definition) is 0. The molecule has 0 amide bonds. The number of ketones is 1. The minimum Gasteiger partial charge on any atom is -0.465 e. The summed E-state index contributed by atoms with van der Waals surface area (Å²) in [4.78, 5) is 24.4. The van der Waals surface area contributed by atoms with Gasteiger partial charge in [0, 0.05) is 4.88 Å². The van der Waals surface area contributed by atoms with Gasteiger partial charge >= 0.3 is 5.97 Å². The number of hydrogen-bond acceptors (Lipinski definition) is 4. The first kappa shape index (κ1) is 12.9. The standard InChI is InChI=1S/C12H16O3S/c1-4-9(12(14)15-5-2)11-7-6-10(16-11)8(3)13/h6-7,9H,4-5H2,1-3H3. The van der Waals surface area contributed by atoms with Crippen LogP contribution >= 0.6 is 11.3 Å². The van der Waals surface area contributed by atoms with Crippen molar-refractivity contribution in [3.63, 3.8) is 0 Å². The van der Waals surface area contributed by atoms with Crippen molar-refractivity contribution < 1.29 is 14.3 Å². The van der Waals surface area contributed by atoms with Crippen LogP contribution in [0.5, 0.6) is 0 Å². The van der Waals surface area contributed by atoms with E-state index in [1.165, 1.54) is 18.3 Å². The molecule has 0 spiro atoms. The molecule has 0 saturated heterocycles. The lowest BCUT2D eigenvalue weighted by molar-refractivity contribution is -0.144. The molecule has 1 atom stereocenters. The first-order valence-electron chi connectivity index (χ1n) is 5.37. The molecule has 4 heteroatoms. The molecule has 0 fully saturated rings. The second-order valence-corrected chi connectivity index (χ2v) is 4.59. The Morgan fingerprint density at radius 2 is 2.06 bits per heavy atom. The molecular formula is C12H16O3S. The maximum Gasteiger partial charge on any atom is 0.314 e. The highest BCUT2D eigenvalue weighted by molar-refractivity contribution is 7.14. The van der Waals surface area contributed by atoms with E-state index in [-0.39, 0.29) is 17.7 Å². The van der Waals surface area contributed by atoms with Crippen molar-refractivity contribution in [2.45, 2.75) is 33.1 Å². The van der Waals surface area contributed by atoms with Crippen LogP contribution < -0.4 is 0 Å². The number of carbonyl (C=O) groups is 2. The highest BCUT2D eigenvalue weighted by Gasteiger charge is 2.22. The van der Waals surface area contributed by atoms with Crippen molar-refractivity contribution in [1.82, 2.24) is 0 Å². The molecule has 0 aliphatic carbocycles. The fourth-order valence-corrected chi connectivity index (χ4v) is 2.53. The van der Waals surface area contributed by atoms with Crippen molar-refractivity contribution in [2.75, 3.05) is 6.61 Å². The Bertz CT molecular complexity index is 381. The molecule has 1 aromatic heterocycles. The highest BCUT2D eigenvalue weighted by Crippen LogP contribution is 2.28. The van der Waals surface area contributed by atoms with Crippen LogP contribution in [0.4, 0.5) is 0 Å². The third-order valence-electron chi connectivity index (χ3n) is 2.30. The lowest BCUT2D eigenvalue weighted by Crippen LogP contribution is -2.14. The van der Waals surface area contributed by atoms with E-state index in [1.54, 1.807) is 13.0 Å². The monoisotopic (exact) mass is 240 g/mol. The van der Waals surface area contributed by atoms with Crippen LogP contribution in [-0.2, 0) is 9.53 Å². The van der Waals surface area contributed by atoms with Gasteiger partial charge in [-0.3, -0.25) is 9.59 Å². The van der Waals surface area contributed by atoms with E-state index in [0.29, 0.717) is 17.9 Å². The van der Waals surface area contributed by atoms with Gasteiger partial charge in [-0.2, -0.15) is 0 Å². The van der Waals surface area contributed by atoms with Crippen molar-refractivity contribution >= 4 is 23.1 Å². The minimum atomic E-state index is -0.238. The van der Waals surface area contributed by atoms with Gasteiger partial charge in [-0.15, -0.1) is 11.3 Å². The number of esters is 1. The van der Waals surface area contributed by atoms with Gasteiger partial charge in [-0.1, -0.05) is 6.92 Å². The van der Waals surface area contributed by atoms with E-state index in [0.717, 1.165) is 4.88 Å². The number of carbonyl (C=O) groups excluding carboxylic acids is 2. The Balaban J connectivity index is 2.86. The van der Waals surface area contributed by atoms with E-state index in [4.69, 9.17) is 4.74 Å². The zero-order valence-electron chi connectivity index (χ0n) is 9.78. The van der Waals surface area contributed by atoms with E-state index >= 15 is 0 Å². The van der Waals surface area contributed by atoms with Crippen LogP contribution in [0.3, 0.4) is 0 Å². The fraction of sp³-hybridized carbons (Fsp3) is 0.500. The van der Waals surface area contributed by atoms with E-state index in [2.05, 4.69) is 0 Å². The van der Waals surface area contributed by atoms with Crippen LogP contribution in [0.25, 0.3) is 0 Å². The topological polar surface area (TPSA) is 43.4 Å². The van der Waals surface area contributed by atoms with Gasteiger partial charge < -0.3 is 4.74 Å². The average molecular weight is 240 g/mol. The molecule has 0 radical (unpaired) electrons. The van der Waals surface area contributed by atoms with Crippen molar-refractivity contribution in [2.24, 2.45) is 0 Å². The molecule has 1 rings (SSSR count). The van der Waals surface area contributed by atoms with Crippen molar-refractivity contribution in [3.8, 4) is 0 Å². The second kappa shape index (κ2) is 5.80. The van der Waals surface area contributed by atoms with Gasteiger partial charge in [0.05, 0.1) is 17.4 Å². The van der Waals surface area contributed by atoms with Gasteiger partial charge in [0.25, 0.3) is 0 Å². The molecule has 0 saturated carbocycles. The number of ether oxygens (including phenoxy) is 1. The summed E-state index contributed by atoms with van der Waals surface area (Å²) < 4.78 is 5.00. The van der Waals surface area contributed by atoms with Gasteiger partial charge in [0.15, 0.2) is 5.78 Å². The van der Waals surface area contributed by atoms with Gasteiger partial charge in [-0.05, 0) is 32.4 Å². The molecule has 0 aromatic carbocycles. The molecule has 1 aromatic rings. The summed E-state index contributed by atoms with van der Waals surface area (Å²) in [6.07, 6.45) is 0.691. The third-order valence-corrected chi connectivity index (χ3v) is 3.60. The Kier molecular flexibility index (Phi) is 4.68. The molecule has 88 valence electrons. The molecule has 0 N–H and O–H groups in total.